The highest BCUT2D eigenvalue weighted by Crippen LogP contribution is 2.28. The summed E-state index contributed by atoms with van der Waals surface area (Å²) in [5.41, 5.74) is 3.36. The smallest absolute Gasteiger partial charge is 0.304 e. The van der Waals surface area contributed by atoms with Gasteiger partial charge in [0.2, 0.25) is 5.89 Å². The first-order chi connectivity index (χ1) is 15.0. The molecule has 0 spiro atoms. The van der Waals surface area contributed by atoms with Crippen molar-refractivity contribution in [3.05, 3.63) is 71.1 Å². The summed E-state index contributed by atoms with van der Waals surface area (Å²) < 4.78 is 11.8. The predicted octanol–water partition coefficient (Wildman–Crippen LogP) is 4.01. The van der Waals surface area contributed by atoms with Gasteiger partial charge in [-0.2, -0.15) is 5.26 Å². The minimum Gasteiger partial charge on any atom is -0.489 e. The fraction of sp³-hybridized carbons (Fsp3) is 0.292. The van der Waals surface area contributed by atoms with Crippen molar-refractivity contribution < 1.29 is 19.1 Å². The molecule has 0 amide bonds. The zero-order chi connectivity index (χ0) is 21.8. The second-order valence-electron chi connectivity index (χ2n) is 7.68. The van der Waals surface area contributed by atoms with Gasteiger partial charge in [0.25, 0.3) is 0 Å². The standard InChI is InChI=1S/C24H23N3O4/c1-16(12-23(28)29)27-11-10-22-21(14-27)26-24(31-22)19-6-8-20(9-7-19)30-15-18-4-2-17(13-25)3-5-18/h2-9,16H,10-12,14-15H2,1H3,(H,28,29). The number of carboxylic acid groups (broad SMARTS) is 1. The van der Waals surface area contributed by atoms with Gasteiger partial charge in [-0.15, -0.1) is 0 Å². The van der Waals surface area contributed by atoms with Crippen molar-refractivity contribution in [2.24, 2.45) is 0 Å². The lowest BCUT2D eigenvalue weighted by Crippen LogP contribution is -2.38. The molecule has 2 heterocycles. The van der Waals surface area contributed by atoms with Gasteiger partial charge in [0.1, 0.15) is 18.1 Å². The molecule has 1 aliphatic heterocycles. The average Bonchev–Trinajstić information content (AvgIpc) is 3.21. The van der Waals surface area contributed by atoms with Crippen LogP contribution in [0.3, 0.4) is 0 Å². The first-order valence-electron chi connectivity index (χ1n) is 10.2. The summed E-state index contributed by atoms with van der Waals surface area (Å²) in [6.07, 6.45) is 0.835. The van der Waals surface area contributed by atoms with Crippen LogP contribution in [-0.4, -0.2) is 33.5 Å². The van der Waals surface area contributed by atoms with Crippen molar-refractivity contribution in [2.75, 3.05) is 6.54 Å². The normalized spacial score (nSPS) is 14.5. The molecule has 158 valence electrons. The van der Waals surface area contributed by atoms with E-state index in [9.17, 15) is 4.79 Å². The van der Waals surface area contributed by atoms with E-state index < -0.39 is 5.97 Å². The number of rotatable bonds is 7. The van der Waals surface area contributed by atoms with Crippen LogP contribution >= 0.6 is 0 Å². The molecule has 7 heteroatoms. The summed E-state index contributed by atoms with van der Waals surface area (Å²) >= 11 is 0. The molecule has 0 saturated heterocycles. The number of nitrogens with zero attached hydrogens (tertiary/aromatic N) is 3. The van der Waals surface area contributed by atoms with Gasteiger partial charge in [0, 0.05) is 31.1 Å². The van der Waals surface area contributed by atoms with Crippen molar-refractivity contribution in [3.63, 3.8) is 0 Å². The summed E-state index contributed by atoms with van der Waals surface area (Å²) in [6, 6.07) is 16.9. The SMILES string of the molecule is CC(CC(=O)O)N1CCc2oc(-c3ccc(OCc4ccc(C#N)cc4)cc3)nc2C1. The van der Waals surface area contributed by atoms with Gasteiger partial charge in [-0.1, -0.05) is 12.1 Å². The van der Waals surface area contributed by atoms with E-state index in [1.807, 2.05) is 43.3 Å². The maximum Gasteiger partial charge on any atom is 0.304 e. The second kappa shape index (κ2) is 9.02. The largest absolute Gasteiger partial charge is 0.489 e. The molecule has 1 aliphatic rings. The van der Waals surface area contributed by atoms with E-state index in [0.29, 0.717) is 24.6 Å². The van der Waals surface area contributed by atoms with E-state index in [4.69, 9.17) is 19.5 Å². The van der Waals surface area contributed by atoms with Crippen LogP contribution in [0.2, 0.25) is 0 Å². The number of benzene rings is 2. The monoisotopic (exact) mass is 417 g/mol. The van der Waals surface area contributed by atoms with Crippen molar-refractivity contribution in [1.82, 2.24) is 9.88 Å². The van der Waals surface area contributed by atoms with E-state index >= 15 is 0 Å². The van der Waals surface area contributed by atoms with Crippen molar-refractivity contribution >= 4 is 5.97 Å². The summed E-state index contributed by atoms with van der Waals surface area (Å²) in [7, 11) is 0. The third-order valence-corrected chi connectivity index (χ3v) is 5.44. The Bertz CT molecular complexity index is 1100. The summed E-state index contributed by atoms with van der Waals surface area (Å²) in [5, 5.41) is 17.9. The minimum atomic E-state index is -0.791. The second-order valence-corrected chi connectivity index (χ2v) is 7.68. The lowest BCUT2D eigenvalue weighted by molar-refractivity contribution is -0.138. The number of carboxylic acids is 1. The fourth-order valence-electron chi connectivity index (χ4n) is 3.64. The van der Waals surface area contributed by atoms with Crippen molar-refractivity contribution in [1.29, 1.82) is 5.26 Å². The van der Waals surface area contributed by atoms with Gasteiger partial charge in [0.05, 0.1) is 23.7 Å². The molecule has 1 atom stereocenters. The molecule has 7 nitrogen and oxygen atoms in total. The van der Waals surface area contributed by atoms with E-state index in [1.54, 1.807) is 12.1 Å². The Labute approximate surface area is 180 Å². The fourth-order valence-corrected chi connectivity index (χ4v) is 3.64. The van der Waals surface area contributed by atoms with Crippen LogP contribution in [0.4, 0.5) is 0 Å². The summed E-state index contributed by atoms with van der Waals surface area (Å²) in [4.78, 5) is 17.8. The Balaban J connectivity index is 1.39. The number of aromatic nitrogens is 1. The lowest BCUT2D eigenvalue weighted by Gasteiger charge is -2.30. The zero-order valence-electron chi connectivity index (χ0n) is 17.2. The molecule has 0 fully saturated rings. The molecule has 0 bridgehead atoms. The van der Waals surface area contributed by atoms with Crippen LogP contribution in [0.15, 0.2) is 52.9 Å². The highest BCUT2D eigenvalue weighted by molar-refractivity contribution is 5.67. The molecule has 4 rings (SSSR count). The topological polar surface area (TPSA) is 99.6 Å². The van der Waals surface area contributed by atoms with E-state index in [2.05, 4.69) is 16.0 Å². The molecule has 0 saturated carbocycles. The Kier molecular flexibility index (Phi) is 6.01. The average molecular weight is 417 g/mol. The van der Waals surface area contributed by atoms with Gasteiger partial charge >= 0.3 is 5.97 Å². The van der Waals surface area contributed by atoms with E-state index in [1.165, 1.54) is 0 Å². The van der Waals surface area contributed by atoms with Crippen LogP contribution in [-0.2, 0) is 24.4 Å². The molecule has 1 aromatic heterocycles. The highest BCUT2D eigenvalue weighted by atomic mass is 16.5. The first-order valence-corrected chi connectivity index (χ1v) is 10.2. The van der Waals surface area contributed by atoms with E-state index in [0.717, 1.165) is 41.3 Å². The van der Waals surface area contributed by atoms with Gasteiger partial charge < -0.3 is 14.3 Å². The molecule has 0 radical (unpaired) electrons. The maximum atomic E-state index is 11.0. The minimum absolute atomic E-state index is 0.0432. The molecule has 3 aromatic rings. The number of carbonyl (C=O) groups is 1. The summed E-state index contributed by atoms with van der Waals surface area (Å²) in [5.74, 6) is 1.38. The molecule has 31 heavy (non-hydrogen) atoms. The van der Waals surface area contributed by atoms with Crippen LogP contribution in [0.1, 0.15) is 35.9 Å². The van der Waals surface area contributed by atoms with Crippen molar-refractivity contribution in [3.8, 4) is 23.3 Å². The van der Waals surface area contributed by atoms with Gasteiger partial charge in [-0.25, -0.2) is 4.98 Å². The number of ether oxygens (including phenoxy) is 1. The predicted molar refractivity (Wildman–Crippen MR) is 113 cm³/mol. The number of oxazole rings is 1. The van der Waals surface area contributed by atoms with Crippen LogP contribution in [0.25, 0.3) is 11.5 Å². The molecular formula is C24H23N3O4. The van der Waals surface area contributed by atoms with Gasteiger partial charge in [0.15, 0.2) is 0 Å². The number of aliphatic carboxylic acids is 1. The molecule has 0 aliphatic carbocycles. The number of hydrogen-bond donors (Lipinski definition) is 1. The van der Waals surface area contributed by atoms with Crippen LogP contribution < -0.4 is 4.74 Å². The molecular weight excluding hydrogens is 394 g/mol. The number of fused-ring (bicyclic) bond motifs is 1. The zero-order valence-corrected chi connectivity index (χ0v) is 17.2. The van der Waals surface area contributed by atoms with E-state index in [-0.39, 0.29) is 12.5 Å². The van der Waals surface area contributed by atoms with Gasteiger partial charge in [-0.05, 0) is 48.9 Å². The maximum absolute atomic E-state index is 11.0. The molecule has 1 N–H and O–H groups in total. The Morgan fingerprint density at radius 3 is 2.68 bits per heavy atom. The van der Waals surface area contributed by atoms with Crippen LogP contribution in [0.5, 0.6) is 5.75 Å². The number of hydrogen-bond acceptors (Lipinski definition) is 6. The molecule has 1 unspecified atom stereocenters. The lowest BCUT2D eigenvalue weighted by atomic mass is 10.1. The third-order valence-electron chi connectivity index (χ3n) is 5.44. The quantitative estimate of drug-likeness (QED) is 0.620. The Morgan fingerprint density at radius 1 is 1.26 bits per heavy atom. The first kappa shape index (κ1) is 20.6. The highest BCUT2D eigenvalue weighted by Gasteiger charge is 2.26. The Hall–Kier alpha value is -3.63. The van der Waals surface area contributed by atoms with Crippen LogP contribution in [0, 0.1) is 11.3 Å². The molecule has 2 aromatic carbocycles. The summed E-state index contributed by atoms with van der Waals surface area (Å²) in [6.45, 7) is 3.71. The van der Waals surface area contributed by atoms with Gasteiger partial charge in [-0.3, -0.25) is 9.69 Å². The third kappa shape index (κ3) is 4.93. The van der Waals surface area contributed by atoms with Crippen molar-refractivity contribution in [2.45, 2.75) is 39.0 Å². The number of nitriles is 1. The Morgan fingerprint density at radius 2 is 2.00 bits per heavy atom.